The van der Waals surface area contributed by atoms with Crippen LogP contribution in [0.5, 0.6) is 0 Å². The van der Waals surface area contributed by atoms with Gasteiger partial charge in [0.1, 0.15) is 11.5 Å². The molecule has 0 saturated carbocycles. The van der Waals surface area contributed by atoms with Crippen LogP contribution in [0.25, 0.3) is 0 Å². The van der Waals surface area contributed by atoms with Gasteiger partial charge in [0.25, 0.3) is 0 Å². The fourth-order valence-corrected chi connectivity index (χ4v) is 4.33. The van der Waals surface area contributed by atoms with Crippen LogP contribution in [0.15, 0.2) is 36.4 Å². The number of nitrogens with zero attached hydrogens (tertiary/aromatic N) is 1. The number of unbranched alkanes of at least 4 members (excludes halogenated alkanes) is 2. The van der Waals surface area contributed by atoms with E-state index in [-0.39, 0.29) is 18.0 Å². The van der Waals surface area contributed by atoms with Crippen LogP contribution in [0.2, 0.25) is 0 Å². The van der Waals surface area contributed by atoms with Crippen molar-refractivity contribution in [3.63, 3.8) is 0 Å². The first kappa shape index (κ1) is 17.3. The normalized spacial score (nSPS) is 31.5. The van der Waals surface area contributed by atoms with E-state index in [0.717, 1.165) is 30.5 Å². The van der Waals surface area contributed by atoms with E-state index in [1.54, 1.807) is 4.90 Å². The number of esters is 1. The van der Waals surface area contributed by atoms with Crippen molar-refractivity contribution in [2.45, 2.75) is 44.8 Å². The van der Waals surface area contributed by atoms with Gasteiger partial charge in [-0.25, -0.2) is 0 Å². The number of amides is 1. The number of hydrogen-bond donors (Lipinski definition) is 0. The summed E-state index contributed by atoms with van der Waals surface area (Å²) >= 11 is 0. The zero-order valence-corrected chi connectivity index (χ0v) is 15.3. The minimum Gasteiger partial charge on any atom is -0.465 e. The minimum atomic E-state index is -0.695. The summed E-state index contributed by atoms with van der Waals surface area (Å²) in [6.07, 6.45) is 6.50. The number of hydrogen-bond acceptors (Lipinski definition) is 4. The Morgan fingerprint density at radius 2 is 2.08 bits per heavy atom. The Balaban J connectivity index is 1.53. The number of fused-ring (bicyclic) bond motifs is 1. The number of ether oxygens (including phenoxy) is 2. The van der Waals surface area contributed by atoms with Crippen LogP contribution in [0.3, 0.4) is 0 Å². The topological polar surface area (TPSA) is 55.8 Å². The van der Waals surface area contributed by atoms with Crippen molar-refractivity contribution >= 4 is 17.6 Å². The number of rotatable bonds is 6. The zero-order chi connectivity index (χ0) is 18.3. The molecule has 2 bridgehead atoms. The van der Waals surface area contributed by atoms with E-state index in [1.165, 1.54) is 0 Å². The summed E-state index contributed by atoms with van der Waals surface area (Å²) in [6, 6.07) is 7.86. The van der Waals surface area contributed by atoms with Gasteiger partial charge >= 0.3 is 5.97 Å². The van der Waals surface area contributed by atoms with Crippen molar-refractivity contribution in [2.24, 2.45) is 11.8 Å². The maximum Gasteiger partial charge on any atom is 0.312 e. The Hall–Kier alpha value is -2.14. The molecule has 5 nitrogen and oxygen atoms in total. The molecule has 1 aromatic rings. The first-order chi connectivity index (χ1) is 12.6. The Morgan fingerprint density at radius 1 is 1.31 bits per heavy atom. The largest absolute Gasteiger partial charge is 0.465 e. The van der Waals surface area contributed by atoms with Crippen LogP contribution in [-0.2, 0) is 19.1 Å². The molecule has 138 valence electrons. The fourth-order valence-electron chi connectivity index (χ4n) is 4.33. The Kier molecular flexibility index (Phi) is 4.35. The lowest BCUT2D eigenvalue weighted by Crippen LogP contribution is -2.40. The van der Waals surface area contributed by atoms with Gasteiger partial charge in [-0.05, 0) is 25.5 Å². The molecule has 1 amide bonds. The molecule has 0 aromatic heterocycles. The number of carbonyl (C=O) groups excluding carboxylic acids is 2. The molecule has 3 aliphatic heterocycles. The molecule has 3 heterocycles. The summed E-state index contributed by atoms with van der Waals surface area (Å²) in [5, 5.41) is 0. The number of benzene rings is 1. The average Bonchev–Trinajstić information content (AvgIpc) is 3.28. The van der Waals surface area contributed by atoms with E-state index in [9.17, 15) is 9.59 Å². The van der Waals surface area contributed by atoms with E-state index in [4.69, 9.17) is 9.47 Å². The standard InChI is InChI=1S/C21H25NO4/c1-3-4-5-12-25-20(24)17-16-10-11-21(26-16)13-22(19(23)18(17)21)15-8-6-14(2)7-9-15/h6-11,16-18H,3-5,12-13H2,1-2H3/t16-,17-,18-,21+/m1/s1. The van der Waals surface area contributed by atoms with E-state index in [1.807, 2.05) is 43.3 Å². The van der Waals surface area contributed by atoms with E-state index in [2.05, 4.69) is 6.92 Å². The van der Waals surface area contributed by atoms with Gasteiger partial charge in [0.15, 0.2) is 0 Å². The molecular weight excluding hydrogens is 330 g/mol. The minimum absolute atomic E-state index is 0.0452. The van der Waals surface area contributed by atoms with Gasteiger partial charge in [-0.3, -0.25) is 9.59 Å². The third-order valence-electron chi connectivity index (χ3n) is 5.71. The maximum atomic E-state index is 13.2. The highest BCUT2D eigenvalue weighted by molar-refractivity contribution is 6.02. The van der Waals surface area contributed by atoms with Gasteiger partial charge in [0.2, 0.25) is 5.91 Å². The van der Waals surface area contributed by atoms with Crippen molar-refractivity contribution < 1.29 is 19.1 Å². The third-order valence-corrected chi connectivity index (χ3v) is 5.71. The maximum absolute atomic E-state index is 13.2. The Morgan fingerprint density at radius 3 is 2.81 bits per heavy atom. The first-order valence-electron chi connectivity index (χ1n) is 9.47. The summed E-state index contributed by atoms with van der Waals surface area (Å²) in [5.74, 6) is -1.38. The number of anilines is 1. The van der Waals surface area contributed by atoms with E-state index >= 15 is 0 Å². The average molecular weight is 355 g/mol. The Bertz CT molecular complexity index is 741. The second kappa shape index (κ2) is 6.54. The molecule has 0 N–H and O–H groups in total. The fraction of sp³-hybridized carbons (Fsp3) is 0.524. The summed E-state index contributed by atoms with van der Waals surface area (Å²) in [4.78, 5) is 27.6. The molecule has 3 aliphatic rings. The van der Waals surface area contributed by atoms with Crippen molar-refractivity contribution in [2.75, 3.05) is 18.1 Å². The predicted molar refractivity (Wildman–Crippen MR) is 97.7 cm³/mol. The van der Waals surface area contributed by atoms with Crippen LogP contribution in [-0.4, -0.2) is 36.7 Å². The van der Waals surface area contributed by atoms with Gasteiger partial charge in [-0.2, -0.15) is 0 Å². The van der Waals surface area contributed by atoms with Crippen molar-refractivity contribution in [3.05, 3.63) is 42.0 Å². The van der Waals surface area contributed by atoms with Gasteiger partial charge < -0.3 is 14.4 Å². The van der Waals surface area contributed by atoms with Gasteiger partial charge in [0, 0.05) is 5.69 Å². The number of aryl methyl sites for hydroxylation is 1. The van der Waals surface area contributed by atoms with Crippen LogP contribution in [0.4, 0.5) is 5.69 Å². The summed E-state index contributed by atoms with van der Waals surface area (Å²) in [5.41, 5.74) is 1.30. The summed E-state index contributed by atoms with van der Waals surface area (Å²) in [7, 11) is 0. The van der Waals surface area contributed by atoms with Crippen LogP contribution < -0.4 is 4.90 Å². The smallest absolute Gasteiger partial charge is 0.312 e. The molecule has 0 radical (unpaired) electrons. The van der Waals surface area contributed by atoms with Crippen molar-refractivity contribution in [1.82, 2.24) is 0 Å². The second-order valence-corrected chi connectivity index (χ2v) is 7.53. The predicted octanol–water partition coefficient (Wildman–Crippen LogP) is 3.01. The molecule has 0 unspecified atom stereocenters. The van der Waals surface area contributed by atoms with E-state index in [0.29, 0.717) is 13.2 Å². The summed E-state index contributed by atoms with van der Waals surface area (Å²) in [6.45, 7) is 4.99. The molecule has 1 aromatic carbocycles. The third kappa shape index (κ3) is 2.65. The van der Waals surface area contributed by atoms with Crippen molar-refractivity contribution in [1.29, 1.82) is 0 Å². The highest BCUT2D eigenvalue weighted by Crippen LogP contribution is 2.52. The quantitative estimate of drug-likeness (QED) is 0.447. The Labute approximate surface area is 154 Å². The monoisotopic (exact) mass is 355 g/mol. The van der Waals surface area contributed by atoms with Gasteiger partial charge in [0.05, 0.1) is 25.2 Å². The van der Waals surface area contributed by atoms with Crippen molar-refractivity contribution in [3.8, 4) is 0 Å². The number of carbonyl (C=O) groups is 2. The van der Waals surface area contributed by atoms with E-state index < -0.39 is 17.4 Å². The van der Waals surface area contributed by atoms with Crippen LogP contribution in [0.1, 0.15) is 31.7 Å². The molecule has 2 fully saturated rings. The van der Waals surface area contributed by atoms with Crippen LogP contribution in [0, 0.1) is 18.8 Å². The lowest BCUT2D eigenvalue weighted by Gasteiger charge is -2.22. The van der Waals surface area contributed by atoms with Gasteiger partial charge in [-0.15, -0.1) is 0 Å². The zero-order valence-electron chi connectivity index (χ0n) is 15.3. The molecule has 1 spiro atoms. The highest BCUT2D eigenvalue weighted by atomic mass is 16.6. The lowest BCUT2D eigenvalue weighted by atomic mass is 9.77. The SMILES string of the molecule is CCCCCOC(=O)[C@@H]1[C@H]2C=C[C@@]3(CN(c4ccc(C)cc4)C(=O)[C@@H]13)O2. The lowest BCUT2D eigenvalue weighted by molar-refractivity contribution is -0.152. The van der Waals surface area contributed by atoms with Crippen LogP contribution >= 0.6 is 0 Å². The molecule has 0 aliphatic carbocycles. The first-order valence-corrected chi connectivity index (χ1v) is 9.47. The summed E-state index contributed by atoms with van der Waals surface area (Å²) < 4.78 is 11.6. The molecule has 4 rings (SSSR count). The molecule has 4 atom stereocenters. The highest BCUT2D eigenvalue weighted by Gasteiger charge is 2.67. The van der Waals surface area contributed by atoms with Gasteiger partial charge in [-0.1, -0.05) is 49.6 Å². The molecular formula is C21H25NO4. The molecule has 5 heteroatoms. The molecule has 2 saturated heterocycles. The molecule has 26 heavy (non-hydrogen) atoms. The second-order valence-electron chi connectivity index (χ2n) is 7.53.